The molecule has 4 heteroatoms. The SMILES string of the molecule is CC/C=C/S(=N)(=O)c1ccc(Cl)cc1. The third-order valence-electron chi connectivity index (χ3n) is 1.69. The molecule has 0 radical (unpaired) electrons. The maximum atomic E-state index is 11.8. The van der Waals surface area contributed by atoms with Crippen LogP contribution in [0.1, 0.15) is 13.3 Å². The van der Waals surface area contributed by atoms with E-state index in [-0.39, 0.29) is 0 Å². The number of rotatable bonds is 3. The van der Waals surface area contributed by atoms with Gasteiger partial charge >= 0.3 is 0 Å². The number of hydrogen-bond acceptors (Lipinski definition) is 2. The van der Waals surface area contributed by atoms with Crippen LogP contribution in [0.2, 0.25) is 5.02 Å². The Labute approximate surface area is 89.6 Å². The third kappa shape index (κ3) is 2.86. The largest absolute Gasteiger partial charge is 0.245 e. The Kier molecular flexibility index (Phi) is 3.72. The van der Waals surface area contributed by atoms with Gasteiger partial charge in [0, 0.05) is 10.4 Å². The molecule has 1 unspecified atom stereocenters. The predicted molar refractivity (Wildman–Crippen MR) is 60.0 cm³/mol. The second kappa shape index (κ2) is 4.62. The smallest absolute Gasteiger partial charge is 0.0940 e. The molecule has 0 spiro atoms. The van der Waals surface area contributed by atoms with Crippen LogP contribution in [0.15, 0.2) is 40.6 Å². The molecule has 2 nitrogen and oxygen atoms in total. The van der Waals surface area contributed by atoms with Gasteiger partial charge in [-0.2, -0.15) is 0 Å². The molecule has 0 aromatic heterocycles. The van der Waals surface area contributed by atoms with Gasteiger partial charge in [-0.3, -0.25) is 0 Å². The van der Waals surface area contributed by atoms with Gasteiger partial charge in [-0.25, -0.2) is 8.99 Å². The van der Waals surface area contributed by atoms with Crippen molar-refractivity contribution < 1.29 is 4.21 Å². The minimum atomic E-state index is -2.78. The lowest BCUT2D eigenvalue weighted by molar-refractivity contribution is 0.680. The Morgan fingerprint density at radius 1 is 1.43 bits per heavy atom. The maximum Gasteiger partial charge on any atom is 0.0940 e. The van der Waals surface area contributed by atoms with E-state index in [4.69, 9.17) is 16.4 Å². The van der Waals surface area contributed by atoms with E-state index in [9.17, 15) is 4.21 Å². The van der Waals surface area contributed by atoms with Gasteiger partial charge in [0.1, 0.15) is 0 Å². The molecule has 0 heterocycles. The first-order chi connectivity index (χ1) is 6.56. The molecule has 0 saturated heterocycles. The van der Waals surface area contributed by atoms with Crippen molar-refractivity contribution in [3.8, 4) is 0 Å². The standard InChI is InChI=1S/C10H12ClNOS/c1-2-3-8-14(12,13)10-6-4-9(11)5-7-10/h3-8,12H,2H2,1H3/b8-3+. The van der Waals surface area contributed by atoms with Crippen molar-refractivity contribution in [2.75, 3.05) is 0 Å². The van der Waals surface area contributed by atoms with E-state index < -0.39 is 9.73 Å². The zero-order valence-corrected chi connectivity index (χ0v) is 9.44. The topological polar surface area (TPSA) is 40.9 Å². The van der Waals surface area contributed by atoms with Crippen LogP contribution in [0.5, 0.6) is 0 Å². The normalized spacial score (nSPS) is 15.6. The molecule has 1 aromatic rings. The van der Waals surface area contributed by atoms with Crippen LogP contribution in [0, 0.1) is 4.78 Å². The Bertz CT molecular complexity index is 420. The van der Waals surface area contributed by atoms with E-state index >= 15 is 0 Å². The molecule has 1 N–H and O–H groups in total. The highest BCUT2D eigenvalue weighted by atomic mass is 35.5. The first kappa shape index (κ1) is 11.3. The van der Waals surface area contributed by atoms with Crippen LogP contribution in [-0.4, -0.2) is 4.21 Å². The second-order valence-corrected chi connectivity index (χ2v) is 5.22. The molecule has 0 fully saturated rings. The summed E-state index contributed by atoms with van der Waals surface area (Å²) in [6.07, 6.45) is 2.52. The van der Waals surface area contributed by atoms with Gasteiger partial charge < -0.3 is 0 Å². The van der Waals surface area contributed by atoms with E-state index in [0.29, 0.717) is 9.92 Å². The molecule has 1 rings (SSSR count). The molecule has 76 valence electrons. The van der Waals surface area contributed by atoms with Gasteiger partial charge in [-0.1, -0.05) is 24.6 Å². The van der Waals surface area contributed by atoms with Gasteiger partial charge in [-0.05, 0) is 30.7 Å². The first-order valence-electron chi connectivity index (χ1n) is 4.27. The summed E-state index contributed by atoms with van der Waals surface area (Å²) >= 11 is 5.69. The Morgan fingerprint density at radius 3 is 2.50 bits per heavy atom. The molecule has 0 amide bonds. The number of benzene rings is 1. The molecular formula is C10H12ClNOS. The van der Waals surface area contributed by atoms with Crippen molar-refractivity contribution in [1.29, 1.82) is 4.78 Å². The van der Waals surface area contributed by atoms with E-state index in [2.05, 4.69) is 0 Å². The summed E-state index contributed by atoms with van der Waals surface area (Å²) in [7, 11) is -2.78. The highest BCUT2D eigenvalue weighted by Gasteiger charge is 2.04. The first-order valence-corrected chi connectivity index (χ1v) is 6.27. The van der Waals surface area contributed by atoms with Gasteiger partial charge in [0.2, 0.25) is 0 Å². The lowest BCUT2D eigenvalue weighted by atomic mass is 10.4. The van der Waals surface area contributed by atoms with Gasteiger partial charge in [0.25, 0.3) is 0 Å². The quantitative estimate of drug-likeness (QED) is 0.844. The summed E-state index contributed by atoms with van der Waals surface area (Å²) in [4.78, 5) is 0.492. The zero-order chi connectivity index (χ0) is 10.6. The van der Waals surface area contributed by atoms with Crippen molar-refractivity contribution in [3.05, 3.63) is 40.8 Å². The summed E-state index contributed by atoms with van der Waals surface area (Å²) in [5.41, 5.74) is 0. The van der Waals surface area contributed by atoms with Crippen molar-refractivity contribution in [1.82, 2.24) is 0 Å². The average molecular weight is 230 g/mol. The number of allylic oxidation sites excluding steroid dienone is 1. The summed E-state index contributed by atoms with van der Waals surface area (Å²) in [6, 6.07) is 6.53. The summed E-state index contributed by atoms with van der Waals surface area (Å²) in [5.74, 6) is 0. The fourth-order valence-corrected chi connectivity index (χ4v) is 2.23. The Hall–Kier alpha value is -0.800. The van der Waals surface area contributed by atoms with Crippen molar-refractivity contribution in [2.45, 2.75) is 18.2 Å². The molecule has 1 atom stereocenters. The van der Waals surface area contributed by atoms with Gasteiger partial charge in [-0.15, -0.1) is 0 Å². The molecule has 0 aliphatic rings. The van der Waals surface area contributed by atoms with Crippen LogP contribution in [0.3, 0.4) is 0 Å². The second-order valence-electron chi connectivity index (χ2n) is 2.83. The lowest BCUT2D eigenvalue weighted by Gasteiger charge is -2.01. The van der Waals surface area contributed by atoms with E-state index in [1.165, 1.54) is 5.41 Å². The monoisotopic (exact) mass is 229 g/mol. The minimum absolute atomic E-state index is 0.492. The zero-order valence-electron chi connectivity index (χ0n) is 7.87. The Balaban J connectivity index is 3.05. The van der Waals surface area contributed by atoms with Crippen LogP contribution < -0.4 is 0 Å². The molecule has 1 aromatic carbocycles. The van der Waals surface area contributed by atoms with Crippen molar-refractivity contribution in [3.63, 3.8) is 0 Å². The number of hydrogen-bond donors (Lipinski definition) is 1. The number of halogens is 1. The summed E-state index contributed by atoms with van der Waals surface area (Å²) in [5, 5.41) is 2.03. The van der Waals surface area contributed by atoms with Gasteiger partial charge in [0.15, 0.2) is 0 Å². The van der Waals surface area contributed by atoms with Crippen molar-refractivity contribution in [2.24, 2.45) is 0 Å². The maximum absolute atomic E-state index is 11.8. The molecule has 14 heavy (non-hydrogen) atoms. The third-order valence-corrected chi connectivity index (χ3v) is 3.49. The highest BCUT2D eigenvalue weighted by Crippen LogP contribution is 2.16. The molecule has 0 aliphatic heterocycles. The fourth-order valence-electron chi connectivity index (χ4n) is 0.947. The fraction of sp³-hybridized carbons (Fsp3) is 0.200. The molecule has 0 aliphatic carbocycles. The van der Waals surface area contributed by atoms with E-state index in [0.717, 1.165) is 6.42 Å². The van der Waals surface area contributed by atoms with Crippen LogP contribution in [0.25, 0.3) is 0 Å². The van der Waals surface area contributed by atoms with Crippen LogP contribution in [-0.2, 0) is 9.73 Å². The summed E-state index contributed by atoms with van der Waals surface area (Å²) < 4.78 is 19.4. The van der Waals surface area contributed by atoms with Crippen LogP contribution >= 0.6 is 11.6 Å². The Morgan fingerprint density at radius 2 is 2.00 bits per heavy atom. The van der Waals surface area contributed by atoms with Crippen LogP contribution in [0.4, 0.5) is 0 Å². The van der Waals surface area contributed by atoms with E-state index in [1.54, 1.807) is 30.3 Å². The van der Waals surface area contributed by atoms with Crippen molar-refractivity contribution >= 4 is 21.3 Å². The molecule has 0 bridgehead atoms. The predicted octanol–water partition coefficient (Wildman–Crippen LogP) is 3.67. The lowest BCUT2D eigenvalue weighted by Crippen LogP contribution is -1.92. The van der Waals surface area contributed by atoms with Gasteiger partial charge in [0.05, 0.1) is 14.6 Å². The average Bonchev–Trinajstić information content (AvgIpc) is 2.16. The summed E-state index contributed by atoms with van der Waals surface area (Å²) in [6.45, 7) is 1.94. The minimum Gasteiger partial charge on any atom is -0.245 e. The molecule has 0 saturated carbocycles. The molecular weight excluding hydrogens is 218 g/mol. The highest BCUT2D eigenvalue weighted by molar-refractivity contribution is 7.95. The van der Waals surface area contributed by atoms with E-state index in [1.807, 2.05) is 6.92 Å². The number of nitrogens with one attached hydrogen (secondary N) is 1.